The summed E-state index contributed by atoms with van der Waals surface area (Å²) < 4.78 is 19.8. The predicted molar refractivity (Wildman–Crippen MR) is 108 cm³/mol. The Morgan fingerprint density at radius 2 is 2.00 bits per heavy atom. The molecule has 1 heterocycles. The molecule has 1 unspecified atom stereocenters. The minimum atomic E-state index is -1.36. The number of carbonyl (C=O) groups excluding carboxylic acids is 1. The molecule has 0 aromatic heterocycles. The van der Waals surface area contributed by atoms with Crippen LogP contribution in [0.2, 0.25) is 5.02 Å². The van der Waals surface area contributed by atoms with Crippen LogP contribution >= 0.6 is 11.6 Å². The molecule has 0 aliphatic carbocycles. The largest absolute Gasteiger partial charge is 0.507 e. The molecule has 1 amide bonds. The minimum absolute atomic E-state index is 0.0165. The number of rotatable bonds is 5. The summed E-state index contributed by atoms with van der Waals surface area (Å²) in [6.45, 7) is 3.88. The van der Waals surface area contributed by atoms with Crippen LogP contribution in [-0.4, -0.2) is 51.5 Å². The van der Waals surface area contributed by atoms with Crippen LogP contribution < -0.4 is 5.43 Å². The first kappa shape index (κ1) is 20.5. The lowest BCUT2D eigenvalue weighted by Gasteiger charge is -2.25. The lowest BCUT2D eigenvalue weighted by molar-refractivity contribution is 0.0752. The van der Waals surface area contributed by atoms with Gasteiger partial charge in [0.05, 0.1) is 23.8 Å². The predicted octanol–water partition coefficient (Wildman–Crippen LogP) is 2.55. The van der Waals surface area contributed by atoms with Gasteiger partial charge in [-0.3, -0.25) is 4.79 Å². The Balaban J connectivity index is 1.72. The zero-order valence-electron chi connectivity index (χ0n) is 15.2. The van der Waals surface area contributed by atoms with E-state index in [1.807, 2.05) is 4.31 Å². The van der Waals surface area contributed by atoms with Gasteiger partial charge in [-0.25, -0.2) is 13.9 Å². The summed E-state index contributed by atoms with van der Waals surface area (Å²) in [6.07, 6.45) is 0. The van der Waals surface area contributed by atoms with Crippen molar-refractivity contribution < 1.29 is 18.8 Å². The van der Waals surface area contributed by atoms with E-state index >= 15 is 0 Å². The summed E-state index contributed by atoms with van der Waals surface area (Å²) in [5, 5.41) is 14.4. The molecule has 3 rings (SSSR count). The van der Waals surface area contributed by atoms with Crippen molar-refractivity contribution in [3.8, 4) is 5.75 Å². The molecule has 7 nitrogen and oxygen atoms in total. The summed E-state index contributed by atoms with van der Waals surface area (Å²) in [5.41, 5.74) is 3.62. The third-order valence-corrected chi connectivity index (χ3v) is 5.90. The quantitative estimate of drug-likeness (QED) is 0.573. The van der Waals surface area contributed by atoms with E-state index in [0.717, 1.165) is 0 Å². The first-order valence-corrected chi connectivity index (χ1v) is 10.1. The van der Waals surface area contributed by atoms with Gasteiger partial charge in [-0.1, -0.05) is 17.7 Å². The summed E-state index contributed by atoms with van der Waals surface area (Å²) in [7, 11) is -1.36. The molecule has 2 aromatic rings. The van der Waals surface area contributed by atoms with Gasteiger partial charge in [0, 0.05) is 29.2 Å². The number of ether oxygens (including phenoxy) is 1. The van der Waals surface area contributed by atoms with Gasteiger partial charge < -0.3 is 9.84 Å². The number of hydrogen-bond acceptors (Lipinski definition) is 5. The van der Waals surface area contributed by atoms with Crippen molar-refractivity contribution in [2.45, 2.75) is 11.8 Å². The van der Waals surface area contributed by atoms with Crippen LogP contribution in [-0.2, 0) is 15.7 Å². The molecule has 1 atom stereocenters. The van der Waals surface area contributed by atoms with E-state index in [1.165, 1.54) is 6.07 Å². The van der Waals surface area contributed by atoms with Crippen LogP contribution in [0.15, 0.2) is 52.5 Å². The van der Waals surface area contributed by atoms with Crippen molar-refractivity contribution in [1.82, 2.24) is 9.73 Å². The highest BCUT2D eigenvalue weighted by atomic mass is 35.5. The zero-order valence-corrected chi connectivity index (χ0v) is 16.8. The van der Waals surface area contributed by atoms with Crippen LogP contribution in [0.3, 0.4) is 0 Å². The van der Waals surface area contributed by atoms with Gasteiger partial charge >= 0.3 is 0 Å². The van der Waals surface area contributed by atoms with E-state index in [4.69, 9.17) is 16.3 Å². The molecule has 1 saturated heterocycles. The van der Waals surface area contributed by atoms with Gasteiger partial charge in [0.1, 0.15) is 16.7 Å². The van der Waals surface area contributed by atoms with Crippen molar-refractivity contribution in [3.63, 3.8) is 0 Å². The fraction of sp³-hybridized carbons (Fsp3) is 0.263. The number of carbonyl (C=O) groups is 1. The summed E-state index contributed by atoms with van der Waals surface area (Å²) >= 11 is 5.94. The molecule has 148 valence electrons. The monoisotopic (exact) mass is 421 g/mol. The van der Waals surface area contributed by atoms with E-state index in [1.54, 1.807) is 43.3 Å². The third kappa shape index (κ3) is 4.96. The molecule has 0 spiro atoms. The second-order valence-electron chi connectivity index (χ2n) is 6.12. The van der Waals surface area contributed by atoms with Gasteiger partial charge in [-0.2, -0.15) is 5.10 Å². The van der Waals surface area contributed by atoms with Crippen molar-refractivity contribution in [2.24, 2.45) is 5.10 Å². The Labute approximate surface area is 170 Å². The van der Waals surface area contributed by atoms with Gasteiger partial charge in [-0.05, 0) is 43.3 Å². The number of benzene rings is 2. The number of phenolic OH excluding ortho intramolecular Hbond substituents is 1. The van der Waals surface area contributed by atoms with E-state index in [0.29, 0.717) is 53.1 Å². The van der Waals surface area contributed by atoms with Crippen LogP contribution in [0.5, 0.6) is 5.75 Å². The number of phenols is 1. The maximum absolute atomic E-state index is 12.7. The number of nitrogens with one attached hydrogen (secondary N) is 1. The standard InChI is InChI=1S/C19H20ClN3O4S/c1-13(17-12-15(20)5-6-18(17)24)21-22-19(25)14-3-2-4-16(11-14)28(26)23-7-9-27-10-8-23/h2-6,11-12,24H,7-10H2,1H3,(H,22,25)/b21-13+. The maximum Gasteiger partial charge on any atom is 0.271 e. The molecule has 2 N–H and O–H groups in total. The highest BCUT2D eigenvalue weighted by molar-refractivity contribution is 7.82. The lowest BCUT2D eigenvalue weighted by atomic mass is 10.1. The molecule has 1 fully saturated rings. The Kier molecular flexibility index (Phi) is 6.79. The number of halogens is 1. The van der Waals surface area contributed by atoms with E-state index in [-0.39, 0.29) is 5.75 Å². The SMILES string of the molecule is C/C(=N\NC(=O)c1cccc(S(=O)N2CCOCC2)c1)c1cc(Cl)ccc1O. The van der Waals surface area contributed by atoms with Gasteiger partial charge in [0.15, 0.2) is 0 Å². The molecule has 0 saturated carbocycles. The lowest BCUT2D eigenvalue weighted by Crippen LogP contribution is -2.37. The fourth-order valence-corrected chi connectivity index (χ4v) is 4.04. The number of morpholine rings is 1. The molecular formula is C19H20ClN3O4S. The highest BCUT2D eigenvalue weighted by Crippen LogP contribution is 2.22. The van der Waals surface area contributed by atoms with Crippen molar-refractivity contribution in [3.05, 3.63) is 58.6 Å². The first-order chi connectivity index (χ1) is 13.5. The Hall–Kier alpha value is -2.26. The summed E-state index contributed by atoms with van der Waals surface area (Å²) in [5.74, 6) is -0.426. The molecule has 1 aliphatic rings. The van der Waals surface area contributed by atoms with Crippen LogP contribution in [0.1, 0.15) is 22.8 Å². The van der Waals surface area contributed by atoms with Crippen molar-refractivity contribution >= 4 is 34.2 Å². The zero-order chi connectivity index (χ0) is 20.1. The third-order valence-electron chi connectivity index (χ3n) is 4.18. The number of hydrazone groups is 1. The average Bonchev–Trinajstić information content (AvgIpc) is 2.73. The van der Waals surface area contributed by atoms with Crippen LogP contribution in [0.25, 0.3) is 0 Å². The van der Waals surface area contributed by atoms with Crippen LogP contribution in [0, 0.1) is 0 Å². The smallest absolute Gasteiger partial charge is 0.271 e. The average molecular weight is 422 g/mol. The Morgan fingerprint density at radius 1 is 1.25 bits per heavy atom. The first-order valence-electron chi connectivity index (χ1n) is 8.64. The molecule has 28 heavy (non-hydrogen) atoms. The fourth-order valence-electron chi connectivity index (χ4n) is 2.66. The number of nitrogens with zero attached hydrogens (tertiary/aromatic N) is 2. The van der Waals surface area contributed by atoms with Gasteiger partial charge in [0.25, 0.3) is 5.91 Å². The Morgan fingerprint density at radius 3 is 2.75 bits per heavy atom. The second-order valence-corrected chi connectivity index (χ2v) is 8.04. The normalized spacial score (nSPS) is 16.6. The molecule has 0 bridgehead atoms. The Bertz CT molecular complexity index is 929. The number of aromatic hydroxyl groups is 1. The minimum Gasteiger partial charge on any atom is -0.507 e. The summed E-state index contributed by atoms with van der Waals surface area (Å²) in [4.78, 5) is 13.0. The summed E-state index contributed by atoms with van der Waals surface area (Å²) in [6, 6.07) is 11.2. The molecule has 9 heteroatoms. The molecular weight excluding hydrogens is 402 g/mol. The molecule has 0 radical (unpaired) electrons. The van der Waals surface area contributed by atoms with Crippen molar-refractivity contribution in [2.75, 3.05) is 26.3 Å². The number of hydrogen-bond donors (Lipinski definition) is 2. The van der Waals surface area contributed by atoms with Gasteiger partial charge in [-0.15, -0.1) is 0 Å². The van der Waals surface area contributed by atoms with Gasteiger partial charge in [0.2, 0.25) is 0 Å². The van der Waals surface area contributed by atoms with E-state index in [2.05, 4.69) is 10.5 Å². The van der Waals surface area contributed by atoms with E-state index < -0.39 is 16.9 Å². The second kappa shape index (κ2) is 9.29. The van der Waals surface area contributed by atoms with Crippen molar-refractivity contribution in [1.29, 1.82) is 0 Å². The topological polar surface area (TPSA) is 91.2 Å². The molecule has 1 aliphatic heterocycles. The number of amides is 1. The molecule has 2 aromatic carbocycles. The maximum atomic E-state index is 12.7. The highest BCUT2D eigenvalue weighted by Gasteiger charge is 2.19. The van der Waals surface area contributed by atoms with E-state index in [9.17, 15) is 14.1 Å². The van der Waals surface area contributed by atoms with Crippen LogP contribution in [0.4, 0.5) is 0 Å².